The van der Waals surface area contributed by atoms with Crippen molar-refractivity contribution in [2.75, 3.05) is 19.0 Å². The minimum atomic E-state index is 0.896. The highest BCUT2D eigenvalue weighted by Crippen LogP contribution is 2.27. The third-order valence-electron chi connectivity index (χ3n) is 3.17. The summed E-state index contributed by atoms with van der Waals surface area (Å²) in [5.41, 5.74) is 4.31. The number of hydrogen-bond donors (Lipinski definition) is 0. The minimum Gasteiger partial charge on any atom is -0.378 e. The molecule has 0 aliphatic heterocycles. The zero-order chi connectivity index (χ0) is 13.2. The lowest BCUT2D eigenvalue weighted by molar-refractivity contribution is 1.13. The average molecular weight is 248 g/mol. The fourth-order valence-corrected chi connectivity index (χ4v) is 2.11. The van der Waals surface area contributed by atoms with Crippen molar-refractivity contribution >= 4 is 16.6 Å². The van der Waals surface area contributed by atoms with Crippen molar-refractivity contribution in [3.05, 3.63) is 55.0 Å². The summed E-state index contributed by atoms with van der Waals surface area (Å²) in [6.07, 6.45) is 5.33. The van der Waals surface area contributed by atoms with Crippen LogP contribution in [0.15, 0.2) is 48.9 Å². The molecule has 0 atom stereocenters. The van der Waals surface area contributed by atoms with Gasteiger partial charge in [-0.05, 0) is 23.8 Å². The van der Waals surface area contributed by atoms with Gasteiger partial charge in [0.25, 0.3) is 0 Å². The highest BCUT2D eigenvalue weighted by molar-refractivity contribution is 5.93. The number of pyridine rings is 2. The van der Waals surface area contributed by atoms with Crippen LogP contribution in [0.25, 0.3) is 22.0 Å². The van der Waals surface area contributed by atoms with Gasteiger partial charge < -0.3 is 4.90 Å². The lowest BCUT2D eigenvalue weighted by atomic mass is 10.0. The SMILES string of the molecule is CN(C)c1ccc(-c2cncc3nc[c]cc23)cc1. The first kappa shape index (κ1) is 11.7. The number of rotatable bonds is 2. The van der Waals surface area contributed by atoms with Crippen LogP contribution >= 0.6 is 0 Å². The molecule has 1 aromatic carbocycles. The molecule has 0 spiro atoms. The van der Waals surface area contributed by atoms with Crippen molar-refractivity contribution in [1.29, 1.82) is 0 Å². The van der Waals surface area contributed by atoms with E-state index in [1.165, 1.54) is 5.69 Å². The van der Waals surface area contributed by atoms with Crippen molar-refractivity contribution in [3.8, 4) is 11.1 Å². The van der Waals surface area contributed by atoms with Gasteiger partial charge in [0.05, 0.1) is 11.7 Å². The minimum absolute atomic E-state index is 0.896. The van der Waals surface area contributed by atoms with E-state index in [-0.39, 0.29) is 0 Å². The number of nitrogens with zero attached hydrogens (tertiary/aromatic N) is 3. The van der Waals surface area contributed by atoms with E-state index in [2.05, 4.69) is 45.2 Å². The van der Waals surface area contributed by atoms with Crippen molar-refractivity contribution < 1.29 is 0 Å². The molecule has 0 bridgehead atoms. The topological polar surface area (TPSA) is 29.0 Å². The van der Waals surface area contributed by atoms with Crippen molar-refractivity contribution in [1.82, 2.24) is 9.97 Å². The highest BCUT2D eigenvalue weighted by Gasteiger charge is 2.05. The van der Waals surface area contributed by atoms with Crippen LogP contribution in [0.5, 0.6) is 0 Å². The fraction of sp³-hybridized carbons (Fsp3) is 0.125. The molecule has 93 valence electrons. The monoisotopic (exact) mass is 248 g/mol. The Kier molecular flexibility index (Phi) is 2.88. The summed E-state index contributed by atoms with van der Waals surface area (Å²) in [4.78, 5) is 10.6. The van der Waals surface area contributed by atoms with Gasteiger partial charge >= 0.3 is 0 Å². The predicted octanol–water partition coefficient (Wildman–Crippen LogP) is 3.16. The van der Waals surface area contributed by atoms with E-state index >= 15 is 0 Å². The predicted molar refractivity (Wildman–Crippen MR) is 78.1 cm³/mol. The Morgan fingerprint density at radius 2 is 1.84 bits per heavy atom. The molecule has 0 amide bonds. The molecule has 2 heterocycles. The van der Waals surface area contributed by atoms with Gasteiger partial charge in [-0.1, -0.05) is 12.1 Å². The molecule has 19 heavy (non-hydrogen) atoms. The normalized spacial score (nSPS) is 10.6. The van der Waals surface area contributed by atoms with Gasteiger partial charge in [-0.2, -0.15) is 0 Å². The second kappa shape index (κ2) is 4.69. The summed E-state index contributed by atoms with van der Waals surface area (Å²) in [6.45, 7) is 0. The smallest absolute Gasteiger partial charge is 0.0891 e. The molecule has 3 aromatic rings. The maximum Gasteiger partial charge on any atom is 0.0891 e. The Morgan fingerprint density at radius 1 is 1.05 bits per heavy atom. The van der Waals surface area contributed by atoms with Gasteiger partial charge in [-0.25, -0.2) is 0 Å². The van der Waals surface area contributed by atoms with Crippen LogP contribution < -0.4 is 4.90 Å². The van der Waals surface area contributed by atoms with E-state index in [1.54, 1.807) is 12.4 Å². The first-order chi connectivity index (χ1) is 9.25. The van der Waals surface area contributed by atoms with Gasteiger partial charge in [0.2, 0.25) is 0 Å². The maximum absolute atomic E-state index is 4.29. The van der Waals surface area contributed by atoms with E-state index in [0.717, 1.165) is 22.0 Å². The molecule has 2 aromatic heterocycles. The van der Waals surface area contributed by atoms with E-state index < -0.39 is 0 Å². The lowest BCUT2D eigenvalue weighted by Gasteiger charge is -2.13. The number of fused-ring (bicyclic) bond motifs is 1. The van der Waals surface area contributed by atoms with E-state index in [4.69, 9.17) is 0 Å². The lowest BCUT2D eigenvalue weighted by Crippen LogP contribution is -2.07. The van der Waals surface area contributed by atoms with E-state index in [0.29, 0.717) is 0 Å². The van der Waals surface area contributed by atoms with Crippen LogP contribution in [-0.4, -0.2) is 24.1 Å². The molecule has 0 N–H and O–H groups in total. The van der Waals surface area contributed by atoms with Gasteiger partial charge in [0.1, 0.15) is 0 Å². The molecule has 3 rings (SSSR count). The van der Waals surface area contributed by atoms with Gasteiger partial charge in [0.15, 0.2) is 0 Å². The molecule has 0 saturated heterocycles. The Labute approximate surface area is 112 Å². The molecular formula is C16H14N3. The number of aromatic nitrogens is 2. The summed E-state index contributed by atoms with van der Waals surface area (Å²) >= 11 is 0. The molecule has 0 fully saturated rings. The van der Waals surface area contributed by atoms with Crippen molar-refractivity contribution in [2.24, 2.45) is 0 Å². The third kappa shape index (κ3) is 2.15. The van der Waals surface area contributed by atoms with E-state index in [9.17, 15) is 0 Å². The van der Waals surface area contributed by atoms with Crippen LogP contribution in [0, 0.1) is 6.07 Å². The highest BCUT2D eigenvalue weighted by atomic mass is 15.1. The fourth-order valence-electron chi connectivity index (χ4n) is 2.11. The Bertz CT molecular complexity index is 697. The number of benzene rings is 1. The second-order valence-electron chi connectivity index (χ2n) is 4.63. The van der Waals surface area contributed by atoms with Crippen LogP contribution in [0.3, 0.4) is 0 Å². The quantitative estimate of drug-likeness (QED) is 0.697. The number of hydrogen-bond acceptors (Lipinski definition) is 3. The summed E-state index contributed by atoms with van der Waals surface area (Å²) < 4.78 is 0. The maximum atomic E-state index is 4.29. The summed E-state index contributed by atoms with van der Waals surface area (Å²) in [5, 5.41) is 1.08. The zero-order valence-corrected chi connectivity index (χ0v) is 11.0. The molecule has 0 unspecified atom stereocenters. The number of anilines is 1. The first-order valence-electron chi connectivity index (χ1n) is 6.13. The first-order valence-corrected chi connectivity index (χ1v) is 6.13. The third-order valence-corrected chi connectivity index (χ3v) is 3.17. The van der Waals surface area contributed by atoms with Crippen LogP contribution in [0.2, 0.25) is 0 Å². The molecule has 0 saturated carbocycles. The molecule has 0 aliphatic carbocycles. The second-order valence-corrected chi connectivity index (χ2v) is 4.63. The summed E-state index contributed by atoms with van der Waals surface area (Å²) in [6, 6.07) is 13.4. The van der Waals surface area contributed by atoms with E-state index in [1.807, 2.05) is 26.4 Å². The molecular weight excluding hydrogens is 234 g/mol. The molecule has 0 aliphatic rings. The van der Waals surface area contributed by atoms with Crippen LogP contribution in [0.4, 0.5) is 5.69 Å². The average Bonchev–Trinajstić information content (AvgIpc) is 2.47. The van der Waals surface area contributed by atoms with Crippen LogP contribution in [-0.2, 0) is 0 Å². The van der Waals surface area contributed by atoms with Crippen LogP contribution in [0.1, 0.15) is 0 Å². The Balaban J connectivity index is 2.14. The summed E-state index contributed by atoms with van der Waals surface area (Å²) in [7, 11) is 4.07. The van der Waals surface area contributed by atoms with Crippen molar-refractivity contribution in [3.63, 3.8) is 0 Å². The standard InChI is InChI=1S/C16H14N3/c1-19(2)13-7-5-12(6-8-13)15-10-17-11-16-14(15)4-3-9-18-16/h4-11H,1-2H3. The Morgan fingerprint density at radius 3 is 2.58 bits per heavy atom. The summed E-state index contributed by atoms with van der Waals surface area (Å²) in [5.74, 6) is 0. The molecule has 3 nitrogen and oxygen atoms in total. The molecule has 1 radical (unpaired) electrons. The van der Waals surface area contributed by atoms with Gasteiger partial charge in [0, 0.05) is 49.2 Å². The molecule has 3 heteroatoms. The van der Waals surface area contributed by atoms with Crippen molar-refractivity contribution in [2.45, 2.75) is 0 Å². The largest absolute Gasteiger partial charge is 0.378 e. The zero-order valence-electron chi connectivity index (χ0n) is 11.0. The Hall–Kier alpha value is -2.42. The van der Waals surface area contributed by atoms with Gasteiger partial charge in [-0.15, -0.1) is 0 Å². The van der Waals surface area contributed by atoms with Gasteiger partial charge in [-0.3, -0.25) is 9.97 Å².